The Morgan fingerprint density at radius 1 is 0.872 bits per heavy atom. The zero-order valence-electron chi connectivity index (χ0n) is 25.5. The maximum Gasteiger partial charge on any atom is 0.254 e. The minimum absolute atomic E-state index is 0.0585. The van der Waals surface area contributed by atoms with Gasteiger partial charge < -0.3 is 4.84 Å². The van der Waals surface area contributed by atoms with Gasteiger partial charge in [-0.25, -0.2) is 5.43 Å². The number of benzene rings is 2. The highest BCUT2D eigenvalue weighted by Crippen LogP contribution is 2.37. The fourth-order valence-corrected chi connectivity index (χ4v) is 4.75. The molecule has 1 aliphatic heterocycles. The lowest BCUT2D eigenvalue weighted by Crippen LogP contribution is -2.48. The van der Waals surface area contributed by atoms with Crippen molar-refractivity contribution in [2.45, 2.75) is 85.1 Å². The molecule has 214 valence electrons. The molecule has 39 heavy (non-hydrogen) atoms. The Bertz CT molecular complexity index is 1140. The number of carbonyl (C=O) groups excluding carboxylic acids is 1. The minimum atomic E-state index is -0.167. The van der Waals surface area contributed by atoms with Crippen LogP contribution in [0.15, 0.2) is 41.5 Å². The van der Waals surface area contributed by atoms with Crippen LogP contribution in [0.5, 0.6) is 5.75 Å². The molecular formula is C32H49N5O2. The summed E-state index contributed by atoms with van der Waals surface area (Å²) < 4.78 is 0. The van der Waals surface area contributed by atoms with Crippen LogP contribution in [0, 0.1) is 0 Å². The number of carbonyl (C=O) groups is 1. The summed E-state index contributed by atoms with van der Waals surface area (Å²) in [6, 6.07) is 13.1. The second-order valence-corrected chi connectivity index (χ2v) is 13.9. The van der Waals surface area contributed by atoms with Crippen molar-refractivity contribution < 1.29 is 9.63 Å². The summed E-state index contributed by atoms with van der Waals surface area (Å²) in [5, 5.41) is 4.26. The van der Waals surface area contributed by atoms with E-state index in [1.54, 1.807) is 6.21 Å². The third-order valence-electron chi connectivity index (χ3n) is 7.36. The second-order valence-electron chi connectivity index (χ2n) is 13.9. The first-order valence-corrected chi connectivity index (χ1v) is 14.0. The van der Waals surface area contributed by atoms with Crippen molar-refractivity contribution in [2.75, 3.05) is 32.7 Å². The monoisotopic (exact) mass is 535 g/mol. The van der Waals surface area contributed by atoms with Crippen LogP contribution < -0.4 is 16.2 Å². The minimum Gasteiger partial charge on any atom is -0.411 e. The smallest absolute Gasteiger partial charge is 0.254 e. The van der Waals surface area contributed by atoms with E-state index in [1.165, 1.54) is 11.1 Å². The Morgan fingerprint density at radius 3 is 1.95 bits per heavy atom. The van der Waals surface area contributed by atoms with Crippen molar-refractivity contribution in [3.63, 3.8) is 0 Å². The number of amides is 1. The SMILES string of the molecule is CC(C)(C)c1ccc(CN2CCN(CC(=O)N/N=C/c3cc(C(C)(C)C)cc(C(C)(C)C)c3ON)CC2)cc1. The van der Waals surface area contributed by atoms with Gasteiger partial charge in [0.1, 0.15) is 0 Å². The van der Waals surface area contributed by atoms with E-state index < -0.39 is 0 Å². The van der Waals surface area contributed by atoms with Crippen molar-refractivity contribution in [1.82, 2.24) is 15.2 Å². The van der Waals surface area contributed by atoms with Crippen molar-refractivity contribution in [1.29, 1.82) is 0 Å². The van der Waals surface area contributed by atoms with Crippen LogP contribution in [0.3, 0.4) is 0 Å². The molecule has 0 aromatic heterocycles. The maximum absolute atomic E-state index is 12.7. The van der Waals surface area contributed by atoms with Crippen LogP contribution in [-0.2, 0) is 27.6 Å². The average molecular weight is 536 g/mol. The summed E-state index contributed by atoms with van der Waals surface area (Å²) in [7, 11) is 0. The predicted molar refractivity (Wildman–Crippen MR) is 161 cm³/mol. The summed E-state index contributed by atoms with van der Waals surface area (Å²) in [6.07, 6.45) is 1.63. The lowest BCUT2D eigenvalue weighted by Gasteiger charge is -2.34. The van der Waals surface area contributed by atoms with E-state index in [2.05, 4.69) is 113 Å². The van der Waals surface area contributed by atoms with Gasteiger partial charge in [-0.15, -0.1) is 0 Å². The molecule has 0 bridgehead atoms. The van der Waals surface area contributed by atoms with Crippen LogP contribution in [-0.4, -0.2) is 54.6 Å². The maximum atomic E-state index is 12.7. The molecule has 7 heteroatoms. The van der Waals surface area contributed by atoms with Crippen LogP contribution in [0.1, 0.15) is 90.1 Å². The Kier molecular flexibility index (Phi) is 9.63. The molecule has 3 rings (SSSR count). The number of hydrogen-bond donors (Lipinski definition) is 2. The zero-order chi connectivity index (χ0) is 29.0. The average Bonchev–Trinajstić information content (AvgIpc) is 2.83. The molecule has 1 heterocycles. The van der Waals surface area contributed by atoms with Crippen molar-refractivity contribution in [3.05, 3.63) is 64.2 Å². The zero-order valence-corrected chi connectivity index (χ0v) is 25.5. The number of hydrazone groups is 1. The summed E-state index contributed by atoms with van der Waals surface area (Å²) in [6.45, 7) is 24.4. The number of rotatable bonds is 7. The van der Waals surface area contributed by atoms with Crippen LogP contribution in [0.4, 0.5) is 0 Å². The Hall–Kier alpha value is -2.74. The van der Waals surface area contributed by atoms with Gasteiger partial charge in [0.15, 0.2) is 5.75 Å². The number of hydrogen-bond acceptors (Lipinski definition) is 6. The number of nitrogens with one attached hydrogen (secondary N) is 1. The number of piperazine rings is 1. The van der Waals surface area contributed by atoms with E-state index in [0.717, 1.165) is 49.4 Å². The Morgan fingerprint density at radius 2 is 1.44 bits per heavy atom. The lowest BCUT2D eigenvalue weighted by atomic mass is 9.79. The molecule has 1 fully saturated rings. The van der Waals surface area contributed by atoms with Crippen molar-refractivity contribution >= 4 is 12.1 Å². The van der Waals surface area contributed by atoms with E-state index in [9.17, 15) is 4.79 Å². The van der Waals surface area contributed by atoms with E-state index in [0.29, 0.717) is 12.3 Å². The molecule has 0 aliphatic carbocycles. The van der Waals surface area contributed by atoms with Gasteiger partial charge in [-0.2, -0.15) is 11.0 Å². The fraction of sp³-hybridized carbons (Fsp3) is 0.562. The molecule has 0 saturated carbocycles. The van der Waals surface area contributed by atoms with Gasteiger partial charge in [0.05, 0.1) is 12.8 Å². The first kappa shape index (κ1) is 30.8. The lowest BCUT2D eigenvalue weighted by molar-refractivity contribution is -0.122. The summed E-state index contributed by atoms with van der Waals surface area (Å²) >= 11 is 0. The van der Waals surface area contributed by atoms with Gasteiger partial charge in [-0.3, -0.25) is 14.6 Å². The van der Waals surface area contributed by atoms with Gasteiger partial charge in [0.2, 0.25) is 0 Å². The molecule has 7 nitrogen and oxygen atoms in total. The molecule has 2 aromatic carbocycles. The van der Waals surface area contributed by atoms with Gasteiger partial charge in [-0.1, -0.05) is 92.6 Å². The first-order valence-electron chi connectivity index (χ1n) is 14.0. The fourth-order valence-electron chi connectivity index (χ4n) is 4.75. The third kappa shape index (κ3) is 8.62. The predicted octanol–water partition coefficient (Wildman–Crippen LogP) is 5.10. The van der Waals surface area contributed by atoms with Gasteiger partial charge in [-0.05, 0) is 39.0 Å². The van der Waals surface area contributed by atoms with Gasteiger partial charge in [0.25, 0.3) is 5.91 Å². The summed E-state index contributed by atoms with van der Waals surface area (Å²) in [5.74, 6) is 6.14. The standard InChI is InChI=1S/C32H49N5O2/c1-30(2,3)25-12-10-23(11-13-25)21-36-14-16-37(17-15-36)22-28(38)35-34-20-24-18-26(31(4,5)6)19-27(29(24)39-33)32(7,8)9/h10-13,18-20H,14-17,21-22,33H2,1-9H3,(H,35,38)/b34-20+. The quantitative estimate of drug-likeness (QED) is 0.381. The molecule has 1 amide bonds. The van der Waals surface area contributed by atoms with Crippen molar-refractivity contribution in [2.24, 2.45) is 11.0 Å². The number of nitrogens with zero attached hydrogens (tertiary/aromatic N) is 3. The molecule has 0 unspecified atom stereocenters. The van der Waals surface area contributed by atoms with Gasteiger partial charge >= 0.3 is 0 Å². The second kappa shape index (κ2) is 12.2. The highest BCUT2D eigenvalue weighted by Gasteiger charge is 2.26. The highest BCUT2D eigenvalue weighted by molar-refractivity contribution is 5.87. The van der Waals surface area contributed by atoms with Crippen molar-refractivity contribution in [3.8, 4) is 5.75 Å². The van der Waals surface area contributed by atoms with E-state index >= 15 is 0 Å². The largest absolute Gasteiger partial charge is 0.411 e. The highest BCUT2D eigenvalue weighted by atomic mass is 16.6. The molecule has 0 radical (unpaired) electrons. The third-order valence-corrected chi connectivity index (χ3v) is 7.36. The van der Waals surface area contributed by atoms with E-state index in [1.807, 2.05) is 6.07 Å². The van der Waals surface area contributed by atoms with Crippen LogP contribution in [0.25, 0.3) is 0 Å². The van der Waals surface area contributed by atoms with E-state index in [-0.39, 0.29) is 22.2 Å². The molecule has 2 aromatic rings. The molecule has 0 spiro atoms. The molecule has 3 N–H and O–H groups in total. The van der Waals surface area contributed by atoms with Gasteiger partial charge in [0, 0.05) is 43.9 Å². The molecule has 1 aliphatic rings. The van der Waals surface area contributed by atoms with E-state index in [4.69, 9.17) is 10.7 Å². The van der Waals surface area contributed by atoms with Crippen LogP contribution in [0.2, 0.25) is 0 Å². The Labute approximate surface area is 235 Å². The summed E-state index contributed by atoms with van der Waals surface area (Å²) in [4.78, 5) is 22.6. The normalized spacial score (nSPS) is 16.1. The summed E-state index contributed by atoms with van der Waals surface area (Å²) in [5.41, 5.74) is 8.23. The molecule has 1 saturated heterocycles. The first-order chi connectivity index (χ1) is 18.1. The van der Waals surface area contributed by atoms with Crippen LogP contribution >= 0.6 is 0 Å². The number of nitrogens with two attached hydrogens (primary N) is 1. The molecular weight excluding hydrogens is 486 g/mol. The molecule has 0 atom stereocenters. The Balaban J connectivity index is 1.55. The topological polar surface area (TPSA) is 83.2 Å².